The molecule has 0 unspecified atom stereocenters. The Morgan fingerprint density at radius 3 is 1.96 bits per heavy atom. The summed E-state index contributed by atoms with van der Waals surface area (Å²) in [6.45, 7) is 2.12. The molecule has 0 radical (unpaired) electrons. The summed E-state index contributed by atoms with van der Waals surface area (Å²) in [6, 6.07) is 52.9. The topological polar surface area (TPSA) is 25.2 Å². The monoisotopic (exact) mass is 576 g/mol. The first-order chi connectivity index (χ1) is 22.2. The van der Waals surface area contributed by atoms with Gasteiger partial charge in [-0.3, -0.25) is 4.79 Å². The van der Waals surface area contributed by atoms with E-state index in [-0.39, 0.29) is 5.43 Å². The number of hydrogen-bond acceptors (Lipinski definition) is 2. The van der Waals surface area contributed by atoms with E-state index in [4.69, 9.17) is 0 Å². The van der Waals surface area contributed by atoms with E-state index in [0.29, 0.717) is 10.8 Å². The molecule has 9 rings (SSSR count). The minimum atomic E-state index is 0.0367. The van der Waals surface area contributed by atoms with E-state index in [1.54, 1.807) is 0 Å². The molecule has 45 heavy (non-hydrogen) atoms. The summed E-state index contributed by atoms with van der Waals surface area (Å²) in [7, 11) is 0. The largest absolute Gasteiger partial charge is 0.310 e. The number of anilines is 3. The summed E-state index contributed by atoms with van der Waals surface area (Å²) < 4.78 is 2.20. The number of pyridine rings is 1. The number of fused-ring (bicyclic) bond motifs is 5. The zero-order chi connectivity index (χ0) is 30.1. The lowest BCUT2D eigenvalue weighted by atomic mass is 9.99. The molecule has 0 N–H and O–H groups in total. The van der Waals surface area contributed by atoms with Crippen LogP contribution in [0.4, 0.5) is 17.1 Å². The van der Waals surface area contributed by atoms with Crippen LogP contribution in [-0.2, 0) is 0 Å². The highest BCUT2D eigenvalue weighted by atomic mass is 16.1. The summed E-state index contributed by atoms with van der Waals surface area (Å²) in [4.78, 5) is 16.5. The highest BCUT2D eigenvalue weighted by Gasteiger charge is 2.25. The first-order valence-electron chi connectivity index (χ1n) is 15.3. The van der Waals surface area contributed by atoms with Gasteiger partial charge in [-0.15, -0.1) is 0 Å². The number of nitrogens with zero attached hydrogens (tertiary/aromatic N) is 2. The van der Waals surface area contributed by atoms with Crippen molar-refractivity contribution in [2.24, 2.45) is 0 Å². The van der Waals surface area contributed by atoms with Gasteiger partial charge in [0.2, 0.25) is 0 Å². The first kappa shape index (κ1) is 25.6. The van der Waals surface area contributed by atoms with Crippen LogP contribution < -0.4 is 10.3 Å². The quantitative estimate of drug-likeness (QED) is 0.195. The van der Waals surface area contributed by atoms with E-state index in [9.17, 15) is 4.79 Å². The van der Waals surface area contributed by atoms with Gasteiger partial charge in [-0.1, -0.05) is 91.0 Å². The van der Waals surface area contributed by atoms with Crippen molar-refractivity contribution in [2.45, 2.75) is 6.92 Å². The average molecular weight is 577 g/mol. The molecule has 1 heterocycles. The van der Waals surface area contributed by atoms with Crippen LogP contribution in [0.1, 0.15) is 5.56 Å². The lowest BCUT2D eigenvalue weighted by Crippen LogP contribution is -2.14. The van der Waals surface area contributed by atoms with Crippen molar-refractivity contribution in [2.75, 3.05) is 4.90 Å². The van der Waals surface area contributed by atoms with Gasteiger partial charge in [0, 0.05) is 33.2 Å². The lowest BCUT2D eigenvalue weighted by molar-refractivity contribution is 1.16. The molecule has 0 spiro atoms. The van der Waals surface area contributed by atoms with Crippen molar-refractivity contribution in [3.63, 3.8) is 0 Å². The fourth-order valence-electron chi connectivity index (χ4n) is 7.21. The molecule has 0 aliphatic heterocycles. The second-order valence-corrected chi connectivity index (χ2v) is 11.8. The number of benzene rings is 7. The fourth-order valence-corrected chi connectivity index (χ4v) is 7.21. The summed E-state index contributed by atoms with van der Waals surface area (Å²) in [5.41, 5.74) is 12.2. The third-order valence-corrected chi connectivity index (χ3v) is 9.15. The maximum Gasteiger partial charge on any atom is 0.197 e. The fraction of sp³-hybridized carbons (Fsp3) is 0.0238. The predicted molar refractivity (Wildman–Crippen MR) is 188 cm³/mol. The minimum absolute atomic E-state index is 0.0367. The van der Waals surface area contributed by atoms with Crippen LogP contribution in [0.3, 0.4) is 0 Å². The predicted octanol–water partition coefficient (Wildman–Crippen LogP) is 10.7. The van der Waals surface area contributed by atoms with E-state index in [1.807, 2.05) is 42.5 Å². The highest BCUT2D eigenvalue weighted by molar-refractivity contribution is 6.19. The molecular weight excluding hydrogens is 548 g/mol. The van der Waals surface area contributed by atoms with Crippen LogP contribution in [0, 0.1) is 6.92 Å². The Morgan fingerprint density at radius 1 is 0.489 bits per heavy atom. The number of aryl methyl sites for hydroxylation is 1. The molecule has 0 saturated carbocycles. The number of aromatic nitrogens is 1. The van der Waals surface area contributed by atoms with Gasteiger partial charge in [-0.2, -0.15) is 0 Å². The molecule has 7 aromatic carbocycles. The second kappa shape index (κ2) is 9.80. The normalized spacial score (nSPS) is 11.8. The molecule has 3 nitrogen and oxygen atoms in total. The van der Waals surface area contributed by atoms with Crippen molar-refractivity contribution in [1.29, 1.82) is 0 Å². The van der Waals surface area contributed by atoms with E-state index in [0.717, 1.165) is 33.8 Å². The molecule has 0 saturated heterocycles. The van der Waals surface area contributed by atoms with Gasteiger partial charge in [0.1, 0.15) is 0 Å². The summed E-state index contributed by atoms with van der Waals surface area (Å²) in [5, 5.41) is 3.84. The van der Waals surface area contributed by atoms with Crippen LogP contribution in [-0.4, -0.2) is 4.57 Å². The minimum Gasteiger partial charge on any atom is -0.310 e. The molecule has 1 aliphatic rings. The number of para-hydroxylation sites is 2. The maximum atomic E-state index is 14.2. The molecule has 8 aromatic rings. The highest BCUT2D eigenvalue weighted by Crippen LogP contribution is 2.51. The standard InChI is InChI=1S/C42H28N2O/c1-27-11-9-14-29(25-27)43(39-24-22-34-32-16-6-5-15-31(32)33-18-10-19-35(39)41(33)34)30-21-23-40-37(26-30)42(45)36-17-7-8-20-38(36)44(40)28-12-3-2-4-13-28/h2-26H,1H3. The number of hydrogen-bond donors (Lipinski definition) is 0. The summed E-state index contributed by atoms with van der Waals surface area (Å²) in [5.74, 6) is 0. The molecular formula is C42H28N2O. The van der Waals surface area contributed by atoms with Crippen LogP contribution in [0.5, 0.6) is 0 Å². The average Bonchev–Trinajstić information content (AvgIpc) is 3.42. The molecule has 3 heteroatoms. The van der Waals surface area contributed by atoms with Crippen LogP contribution in [0.25, 0.3) is 60.5 Å². The lowest BCUT2D eigenvalue weighted by Gasteiger charge is -2.28. The zero-order valence-corrected chi connectivity index (χ0v) is 24.7. The molecule has 0 amide bonds. The zero-order valence-electron chi connectivity index (χ0n) is 24.7. The SMILES string of the molecule is Cc1cccc(N(c2ccc3c(c2)c(=O)c2ccccc2n3-c2ccccc2)c2ccc3c4c(cccc24)-c2ccccc2-3)c1. The maximum absolute atomic E-state index is 14.2. The third-order valence-electron chi connectivity index (χ3n) is 9.15. The van der Waals surface area contributed by atoms with Crippen LogP contribution >= 0.6 is 0 Å². The van der Waals surface area contributed by atoms with Gasteiger partial charge >= 0.3 is 0 Å². The van der Waals surface area contributed by atoms with E-state index < -0.39 is 0 Å². The Morgan fingerprint density at radius 2 is 1.13 bits per heavy atom. The number of rotatable bonds is 4. The second-order valence-electron chi connectivity index (χ2n) is 11.8. The molecule has 212 valence electrons. The van der Waals surface area contributed by atoms with Gasteiger partial charge in [0.25, 0.3) is 0 Å². The smallest absolute Gasteiger partial charge is 0.197 e. The van der Waals surface area contributed by atoms with Gasteiger partial charge in [-0.05, 0) is 101 Å². The van der Waals surface area contributed by atoms with Crippen molar-refractivity contribution >= 4 is 49.6 Å². The van der Waals surface area contributed by atoms with Crippen molar-refractivity contribution in [1.82, 2.24) is 4.57 Å². The van der Waals surface area contributed by atoms with E-state index >= 15 is 0 Å². The Kier molecular flexibility index (Phi) is 5.56. The van der Waals surface area contributed by atoms with Crippen molar-refractivity contribution in [3.05, 3.63) is 167 Å². The van der Waals surface area contributed by atoms with E-state index in [1.165, 1.54) is 38.6 Å². The van der Waals surface area contributed by atoms with E-state index in [2.05, 4.69) is 126 Å². The molecule has 1 aromatic heterocycles. The van der Waals surface area contributed by atoms with Crippen molar-refractivity contribution < 1.29 is 0 Å². The third kappa shape index (κ3) is 3.81. The van der Waals surface area contributed by atoms with Gasteiger partial charge in [0.15, 0.2) is 5.43 Å². The Bertz CT molecular complexity index is 2500. The van der Waals surface area contributed by atoms with Gasteiger partial charge < -0.3 is 9.47 Å². The Balaban J connectivity index is 1.34. The summed E-state index contributed by atoms with van der Waals surface area (Å²) in [6.07, 6.45) is 0. The molecule has 1 aliphatic carbocycles. The van der Waals surface area contributed by atoms with Crippen LogP contribution in [0.2, 0.25) is 0 Å². The first-order valence-corrected chi connectivity index (χ1v) is 15.3. The summed E-state index contributed by atoms with van der Waals surface area (Å²) >= 11 is 0. The van der Waals surface area contributed by atoms with Gasteiger partial charge in [0.05, 0.1) is 16.7 Å². The Labute approximate surface area is 260 Å². The Hall–Kier alpha value is -5.93. The molecule has 0 atom stereocenters. The molecule has 0 fully saturated rings. The van der Waals surface area contributed by atoms with Crippen LogP contribution in [0.15, 0.2) is 156 Å². The molecule has 0 bridgehead atoms. The van der Waals surface area contributed by atoms with Crippen molar-refractivity contribution in [3.8, 4) is 27.9 Å². The van der Waals surface area contributed by atoms with Gasteiger partial charge in [-0.25, -0.2) is 0 Å².